The van der Waals surface area contributed by atoms with Gasteiger partial charge in [0.2, 0.25) is 5.43 Å². The molecule has 25 heavy (non-hydrogen) atoms. The fraction of sp³-hybridized carbons (Fsp3) is 0.412. The molecule has 7 nitrogen and oxygen atoms in total. The normalized spacial score (nSPS) is 17.8. The number of hydrogen-bond acceptors (Lipinski definition) is 6. The maximum atomic E-state index is 14.7. The minimum Gasteiger partial charge on any atom is -0.367 e. The fourth-order valence-electron chi connectivity index (χ4n) is 3.36. The van der Waals surface area contributed by atoms with Gasteiger partial charge in [0.05, 0.1) is 11.2 Å². The first-order valence-electron chi connectivity index (χ1n) is 8.30. The van der Waals surface area contributed by atoms with E-state index < -0.39 is 17.2 Å². The van der Waals surface area contributed by atoms with E-state index in [9.17, 15) is 14.0 Å². The summed E-state index contributed by atoms with van der Waals surface area (Å²) < 4.78 is 16.5. The quantitative estimate of drug-likeness (QED) is 0.647. The highest BCUT2D eigenvalue weighted by Gasteiger charge is 2.28. The molecule has 8 heteroatoms. The Kier molecular flexibility index (Phi) is 3.93. The highest BCUT2D eigenvalue weighted by Crippen LogP contribution is 2.38. The van der Waals surface area contributed by atoms with Crippen LogP contribution in [0.3, 0.4) is 0 Å². The molecule has 1 aliphatic heterocycles. The Morgan fingerprint density at radius 2 is 2.00 bits per heavy atom. The average molecular weight is 347 g/mol. The van der Waals surface area contributed by atoms with Crippen molar-refractivity contribution in [2.24, 2.45) is 0 Å². The van der Waals surface area contributed by atoms with E-state index in [4.69, 9.17) is 5.26 Å². The van der Waals surface area contributed by atoms with Crippen LogP contribution in [0.25, 0.3) is 10.9 Å². The zero-order chi connectivity index (χ0) is 17.6. The molecule has 1 saturated carbocycles. The Balaban J connectivity index is 1.93. The van der Waals surface area contributed by atoms with Crippen molar-refractivity contribution in [1.82, 2.24) is 9.88 Å². The van der Waals surface area contributed by atoms with Crippen LogP contribution < -0.4 is 15.6 Å². The third-order valence-corrected chi connectivity index (χ3v) is 4.80. The largest absolute Gasteiger partial charge is 0.378 e. The van der Waals surface area contributed by atoms with Crippen molar-refractivity contribution >= 4 is 22.6 Å². The van der Waals surface area contributed by atoms with Gasteiger partial charge in [0.1, 0.15) is 11.4 Å². The molecule has 2 aliphatic rings. The summed E-state index contributed by atoms with van der Waals surface area (Å²) in [6.45, 7) is 2.92. The summed E-state index contributed by atoms with van der Waals surface area (Å²) in [5, 5.41) is 12.0. The molecule has 1 aromatic carbocycles. The number of rotatable bonds is 3. The number of nitrogens with one attached hydrogen (secondary N) is 1. The van der Waals surface area contributed by atoms with Crippen molar-refractivity contribution < 1.29 is 19.3 Å². The molecule has 4 rings (SSSR count). The molecule has 2 fully saturated rings. The van der Waals surface area contributed by atoms with E-state index in [0.717, 1.165) is 25.9 Å². The van der Waals surface area contributed by atoms with Gasteiger partial charge in [-0.1, -0.05) is 0 Å². The standard InChI is InChI=1S/C17H18FN3O4/c18-13-7-11-14(8-15(13)20-5-3-19-4-6-20)21(10-1-2-10)9-12(16(11)22)17(23)25-24/h7-10,19,24H,1-6H2. The molecule has 0 amide bonds. The average Bonchev–Trinajstić information content (AvgIpc) is 3.47. The second-order valence-electron chi connectivity index (χ2n) is 6.45. The number of benzene rings is 1. The van der Waals surface area contributed by atoms with Crippen molar-refractivity contribution in [2.45, 2.75) is 18.9 Å². The molecule has 0 spiro atoms. The number of carbonyl (C=O) groups excluding carboxylic acids is 1. The second kappa shape index (κ2) is 6.12. The van der Waals surface area contributed by atoms with Gasteiger partial charge >= 0.3 is 5.97 Å². The number of hydrogen-bond donors (Lipinski definition) is 2. The molecular weight excluding hydrogens is 329 g/mol. The minimum absolute atomic E-state index is 0.117. The van der Waals surface area contributed by atoms with Crippen molar-refractivity contribution in [3.05, 3.63) is 39.9 Å². The van der Waals surface area contributed by atoms with Gasteiger partial charge < -0.3 is 14.8 Å². The maximum Gasteiger partial charge on any atom is 0.378 e. The number of halogens is 1. The first-order valence-corrected chi connectivity index (χ1v) is 8.30. The van der Waals surface area contributed by atoms with E-state index in [1.807, 2.05) is 9.47 Å². The number of pyridine rings is 1. The molecule has 132 valence electrons. The van der Waals surface area contributed by atoms with Crippen LogP contribution in [0.15, 0.2) is 23.1 Å². The van der Waals surface area contributed by atoms with Crippen molar-refractivity contribution in [2.75, 3.05) is 31.1 Å². The molecule has 0 radical (unpaired) electrons. The van der Waals surface area contributed by atoms with E-state index in [1.165, 1.54) is 12.3 Å². The second-order valence-corrected chi connectivity index (χ2v) is 6.45. The van der Waals surface area contributed by atoms with E-state index in [2.05, 4.69) is 10.2 Å². The molecule has 0 bridgehead atoms. The van der Waals surface area contributed by atoms with Gasteiger partial charge in [-0.2, -0.15) is 5.26 Å². The van der Waals surface area contributed by atoms with Crippen LogP contribution in [0.2, 0.25) is 0 Å². The minimum atomic E-state index is -1.13. The van der Waals surface area contributed by atoms with E-state index in [0.29, 0.717) is 24.3 Å². The molecule has 0 atom stereocenters. The van der Waals surface area contributed by atoms with Crippen LogP contribution in [0.1, 0.15) is 29.2 Å². The molecule has 2 N–H and O–H groups in total. The molecule has 0 unspecified atom stereocenters. The van der Waals surface area contributed by atoms with Crippen LogP contribution in [-0.2, 0) is 4.89 Å². The van der Waals surface area contributed by atoms with Crippen molar-refractivity contribution in [1.29, 1.82) is 0 Å². The molecular formula is C17H18FN3O4. The maximum absolute atomic E-state index is 14.7. The first kappa shape index (κ1) is 16.0. The fourth-order valence-corrected chi connectivity index (χ4v) is 3.36. The topological polar surface area (TPSA) is 83.8 Å². The van der Waals surface area contributed by atoms with Crippen LogP contribution in [0, 0.1) is 5.82 Å². The lowest BCUT2D eigenvalue weighted by atomic mass is 10.1. The van der Waals surface area contributed by atoms with Crippen molar-refractivity contribution in [3.8, 4) is 0 Å². The van der Waals surface area contributed by atoms with E-state index in [1.54, 1.807) is 6.07 Å². The Hall–Kier alpha value is -2.45. The van der Waals surface area contributed by atoms with Crippen LogP contribution in [0.4, 0.5) is 10.1 Å². The molecule has 2 heterocycles. The summed E-state index contributed by atoms with van der Waals surface area (Å²) >= 11 is 0. The van der Waals surface area contributed by atoms with Crippen LogP contribution in [-0.4, -0.2) is 42.0 Å². The van der Waals surface area contributed by atoms with Crippen LogP contribution >= 0.6 is 0 Å². The SMILES string of the molecule is O=C(OO)c1cn(C2CC2)c2cc(N3CCNCC3)c(F)cc2c1=O. The lowest BCUT2D eigenvalue weighted by molar-refractivity contribution is -0.182. The van der Waals surface area contributed by atoms with Gasteiger partial charge in [0.25, 0.3) is 0 Å². The Labute approximate surface area is 142 Å². The summed E-state index contributed by atoms with van der Waals surface area (Å²) in [6, 6.07) is 3.03. The number of nitrogens with zero attached hydrogens (tertiary/aromatic N) is 2. The monoisotopic (exact) mass is 347 g/mol. The summed E-state index contributed by atoms with van der Waals surface area (Å²) in [4.78, 5) is 29.9. The van der Waals surface area contributed by atoms with Crippen LogP contribution in [0.5, 0.6) is 0 Å². The number of piperazine rings is 1. The third-order valence-electron chi connectivity index (χ3n) is 4.80. The number of carbonyl (C=O) groups is 1. The number of anilines is 1. The summed E-state index contributed by atoms with van der Waals surface area (Å²) in [5.41, 5.74) is 0.116. The lowest BCUT2D eigenvalue weighted by Crippen LogP contribution is -2.43. The predicted octanol–water partition coefficient (Wildman–Crippen LogP) is 1.51. The number of fused-ring (bicyclic) bond motifs is 1. The highest BCUT2D eigenvalue weighted by atomic mass is 19.1. The molecule has 2 aromatic rings. The van der Waals surface area contributed by atoms with Gasteiger partial charge in [0.15, 0.2) is 0 Å². The van der Waals surface area contributed by atoms with E-state index in [-0.39, 0.29) is 17.0 Å². The first-order chi connectivity index (χ1) is 12.1. The number of aromatic nitrogens is 1. The van der Waals surface area contributed by atoms with E-state index >= 15 is 0 Å². The Morgan fingerprint density at radius 1 is 1.28 bits per heavy atom. The summed E-state index contributed by atoms with van der Waals surface area (Å²) in [5.74, 6) is -1.63. The summed E-state index contributed by atoms with van der Waals surface area (Å²) in [6.07, 6.45) is 3.25. The summed E-state index contributed by atoms with van der Waals surface area (Å²) in [7, 11) is 0. The molecule has 1 aromatic heterocycles. The smallest absolute Gasteiger partial charge is 0.367 e. The zero-order valence-corrected chi connectivity index (χ0v) is 13.5. The Bertz CT molecular complexity index is 901. The zero-order valence-electron chi connectivity index (χ0n) is 13.5. The lowest BCUT2D eigenvalue weighted by Gasteiger charge is -2.30. The highest BCUT2D eigenvalue weighted by molar-refractivity contribution is 5.94. The van der Waals surface area contributed by atoms with Gasteiger partial charge in [-0.3, -0.25) is 9.68 Å². The molecule has 1 saturated heterocycles. The third kappa shape index (κ3) is 2.77. The predicted molar refractivity (Wildman–Crippen MR) is 89.6 cm³/mol. The molecule has 1 aliphatic carbocycles. The van der Waals surface area contributed by atoms with Crippen molar-refractivity contribution in [3.63, 3.8) is 0 Å². The van der Waals surface area contributed by atoms with Gasteiger partial charge in [-0.05, 0) is 25.0 Å². The van der Waals surface area contributed by atoms with Gasteiger partial charge in [0, 0.05) is 43.8 Å². The Morgan fingerprint density at radius 3 is 2.64 bits per heavy atom. The van der Waals surface area contributed by atoms with Gasteiger partial charge in [-0.25, -0.2) is 9.18 Å². The van der Waals surface area contributed by atoms with Gasteiger partial charge in [-0.15, -0.1) is 0 Å².